The van der Waals surface area contributed by atoms with Gasteiger partial charge in [-0.05, 0) is 25.3 Å². The smallest absolute Gasteiger partial charge is 0.200 e. The fourth-order valence-electron chi connectivity index (χ4n) is 1.97. The summed E-state index contributed by atoms with van der Waals surface area (Å²) in [5.41, 5.74) is 6.86. The number of hydrogen-bond acceptors (Lipinski definition) is 3. The topological polar surface area (TPSA) is 52.0 Å². The number of rotatable bonds is 1. The van der Waals surface area contributed by atoms with Crippen molar-refractivity contribution < 1.29 is 4.42 Å². The van der Waals surface area contributed by atoms with Crippen LogP contribution < -0.4 is 5.73 Å². The molecule has 0 amide bonds. The molecule has 1 unspecified atom stereocenters. The molecule has 1 heterocycles. The number of oxazole rings is 1. The molecule has 0 fully saturated rings. The molecule has 1 aromatic rings. The van der Waals surface area contributed by atoms with Gasteiger partial charge in [-0.2, -0.15) is 0 Å². The number of aromatic nitrogens is 1. The molecule has 3 heteroatoms. The predicted octanol–water partition coefficient (Wildman–Crippen LogP) is 2.04. The highest BCUT2D eigenvalue weighted by molar-refractivity contribution is 5.17. The maximum atomic E-state index is 5.84. The van der Waals surface area contributed by atoms with Crippen molar-refractivity contribution >= 4 is 0 Å². The molecule has 0 saturated heterocycles. The minimum absolute atomic E-state index is 0.00948. The Bertz CT molecular complexity index is 349. The molecule has 1 aliphatic rings. The lowest BCUT2D eigenvalue weighted by Crippen LogP contribution is -2.21. The molecule has 0 radical (unpaired) electrons. The monoisotopic (exact) mass is 208 g/mol. The largest absolute Gasteiger partial charge is 0.445 e. The summed E-state index contributed by atoms with van der Waals surface area (Å²) in [6.07, 6.45) is 3.14. The van der Waals surface area contributed by atoms with E-state index in [2.05, 4.69) is 25.8 Å². The third-order valence-electron chi connectivity index (χ3n) is 3.02. The van der Waals surface area contributed by atoms with Crippen molar-refractivity contribution in [3.05, 3.63) is 17.3 Å². The molecule has 0 aliphatic heterocycles. The van der Waals surface area contributed by atoms with Crippen molar-refractivity contribution in [2.24, 2.45) is 11.7 Å². The molecule has 1 aromatic heterocycles. The predicted molar refractivity (Wildman–Crippen MR) is 59.8 cm³/mol. The molecule has 0 saturated carbocycles. The Balaban J connectivity index is 2.26. The van der Waals surface area contributed by atoms with Gasteiger partial charge in [-0.1, -0.05) is 20.8 Å². The summed E-state index contributed by atoms with van der Waals surface area (Å²) in [7, 11) is 0. The van der Waals surface area contributed by atoms with E-state index in [0.717, 1.165) is 43.2 Å². The van der Waals surface area contributed by atoms with Crippen LogP contribution in [0.5, 0.6) is 0 Å². The average molecular weight is 208 g/mol. The first-order valence-corrected chi connectivity index (χ1v) is 5.70. The van der Waals surface area contributed by atoms with E-state index in [1.165, 1.54) is 0 Å². The molecule has 3 nitrogen and oxygen atoms in total. The Morgan fingerprint density at radius 1 is 1.47 bits per heavy atom. The van der Waals surface area contributed by atoms with Gasteiger partial charge in [0.1, 0.15) is 5.76 Å². The maximum Gasteiger partial charge on any atom is 0.200 e. The Kier molecular flexibility index (Phi) is 2.59. The third kappa shape index (κ3) is 2.07. The summed E-state index contributed by atoms with van der Waals surface area (Å²) in [6, 6.07) is 0. The fraction of sp³-hybridized carbons (Fsp3) is 0.750. The molecule has 1 aliphatic carbocycles. The van der Waals surface area contributed by atoms with Gasteiger partial charge in [0.05, 0.1) is 5.69 Å². The number of aryl methyl sites for hydroxylation is 1. The van der Waals surface area contributed by atoms with Crippen molar-refractivity contribution in [3.8, 4) is 0 Å². The molecule has 1 atom stereocenters. The zero-order valence-corrected chi connectivity index (χ0v) is 9.84. The van der Waals surface area contributed by atoms with Gasteiger partial charge < -0.3 is 10.2 Å². The second-order valence-electron chi connectivity index (χ2n) is 5.48. The Hall–Kier alpha value is -0.830. The van der Waals surface area contributed by atoms with Gasteiger partial charge in [0.2, 0.25) is 0 Å². The van der Waals surface area contributed by atoms with Gasteiger partial charge in [0.25, 0.3) is 0 Å². The van der Waals surface area contributed by atoms with E-state index in [4.69, 9.17) is 10.2 Å². The van der Waals surface area contributed by atoms with E-state index in [0.29, 0.717) is 5.92 Å². The molecular weight excluding hydrogens is 188 g/mol. The van der Waals surface area contributed by atoms with Crippen molar-refractivity contribution in [2.45, 2.75) is 45.4 Å². The number of nitrogens with two attached hydrogens (primary N) is 1. The highest BCUT2D eigenvalue weighted by Gasteiger charge is 2.27. The van der Waals surface area contributed by atoms with E-state index >= 15 is 0 Å². The molecule has 2 rings (SSSR count). The van der Waals surface area contributed by atoms with Crippen LogP contribution in [0.15, 0.2) is 4.42 Å². The molecule has 15 heavy (non-hydrogen) atoms. The lowest BCUT2D eigenvalue weighted by molar-refractivity contribution is 0.345. The van der Waals surface area contributed by atoms with E-state index in [9.17, 15) is 0 Å². The molecule has 0 spiro atoms. The summed E-state index contributed by atoms with van der Waals surface area (Å²) in [4.78, 5) is 4.58. The van der Waals surface area contributed by atoms with E-state index in [-0.39, 0.29) is 5.41 Å². The third-order valence-corrected chi connectivity index (χ3v) is 3.02. The summed E-state index contributed by atoms with van der Waals surface area (Å²) < 4.78 is 5.84. The Morgan fingerprint density at radius 3 is 2.80 bits per heavy atom. The van der Waals surface area contributed by atoms with Crippen molar-refractivity contribution in [2.75, 3.05) is 6.54 Å². The number of hydrogen-bond donors (Lipinski definition) is 1. The first kappa shape index (κ1) is 10.7. The van der Waals surface area contributed by atoms with Gasteiger partial charge in [0, 0.05) is 11.8 Å². The first-order valence-electron chi connectivity index (χ1n) is 5.70. The molecule has 0 aromatic carbocycles. The van der Waals surface area contributed by atoms with Gasteiger partial charge in [-0.3, -0.25) is 0 Å². The quantitative estimate of drug-likeness (QED) is 0.768. The molecule has 84 valence electrons. The molecule has 0 bridgehead atoms. The minimum Gasteiger partial charge on any atom is -0.445 e. The normalized spacial score (nSPS) is 21.5. The summed E-state index contributed by atoms with van der Waals surface area (Å²) in [6.45, 7) is 7.14. The summed E-state index contributed by atoms with van der Waals surface area (Å²) in [5.74, 6) is 2.52. The van der Waals surface area contributed by atoms with Crippen molar-refractivity contribution in [3.63, 3.8) is 0 Å². The average Bonchev–Trinajstić information content (AvgIpc) is 2.59. The molecular formula is C12H20N2O. The van der Waals surface area contributed by atoms with Gasteiger partial charge in [-0.25, -0.2) is 4.98 Å². The SMILES string of the molecule is CC(C)(C)c1nc2c(o1)CC(CN)CC2. The second kappa shape index (κ2) is 3.63. The van der Waals surface area contributed by atoms with Gasteiger partial charge >= 0.3 is 0 Å². The van der Waals surface area contributed by atoms with Gasteiger partial charge in [-0.15, -0.1) is 0 Å². The van der Waals surface area contributed by atoms with Crippen LogP contribution in [0.25, 0.3) is 0 Å². The maximum absolute atomic E-state index is 5.84. The highest BCUT2D eigenvalue weighted by atomic mass is 16.4. The van der Waals surface area contributed by atoms with Crippen LogP contribution in [0.2, 0.25) is 0 Å². The first-order chi connectivity index (χ1) is 7.00. The Labute approximate surface area is 91.1 Å². The van der Waals surface area contributed by atoms with Crippen molar-refractivity contribution in [1.82, 2.24) is 4.98 Å². The van der Waals surface area contributed by atoms with E-state index in [1.54, 1.807) is 0 Å². The molecule has 2 N–H and O–H groups in total. The summed E-state index contributed by atoms with van der Waals surface area (Å²) in [5, 5.41) is 0. The van der Waals surface area contributed by atoms with E-state index < -0.39 is 0 Å². The van der Waals surface area contributed by atoms with E-state index in [1.807, 2.05) is 0 Å². The van der Waals surface area contributed by atoms with Crippen LogP contribution >= 0.6 is 0 Å². The second-order valence-corrected chi connectivity index (χ2v) is 5.48. The fourth-order valence-corrected chi connectivity index (χ4v) is 1.97. The van der Waals surface area contributed by atoms with Crippen molar-refractivity contribution in [1.29, 1.82) is 0 Å². The lowest BCUT2D eigenvalue weighted by atomic mass is 9.91. The Morgan fingerprint density at radius 2 is 2.20 bits per heavy atom. The minimum atomic E-state index is 0.00948. The number of nitrogens with zero attached hydrogens (tertiary/aromatic N) is 1. The van der Waals surface area contributed by atoms with Crippen LogP contribution in [-0.2, 0) is 18.3 Å². The zero-order valence-electron chi connectivity index (χ0n) is 9.84. The standard InChI is InChI=1S/C12H20N2O/c1-12(2,3)11-14-9-5-4-8(7-13)6-10(9)15-11/h8H,4-7,13H2,1-3H3. The lowest BCUT2D eigenvalue weighted by Gasteiger charge is -2.17. The zero-order chi connectivity index (χ0) is 11.1. The highest BCUT2D eigenvalue weighted by Crippen LogP contribution is 2.30. The van der Waals surface area contributed by atoms with Crippen LogP contribution in [0.3, 0.4) is 0 Å². The van der Waals surface area contributed by atoms with Crippen LogP contribution in [-0.4, -0.2) is 11.5 Å². The van der Waals surface area contributed by atoms with Crippen LogP contribution in [0, 0.1) is 5.92 Å². The summed E-state index contributed by atoms with van der Waals surface area (Å²) >= 11 is 0. The van der Waals surface area contributed by atoms with Crippen LogP contribution in [0.4, 0.5) is 0 Å². The van der Waals surface area contributed by atoms with Gasteiger partial charge in [0.15, 0.2) is 5.89 Å². The number of fused-ring (bicyclic) bond motifs is 1. The van der Waals surface area contributed by atoms with Crippen LogP contribution in [0.1, 0.15) is 44.5 Å².